The maximum Gasteiger partial charge on any atom is 0.331 e. The van der Waals surface area contributed by atoms with Crippen molar-refractivity contribution in [2.45, 2.75) is 127 Å². The number of carboxylic acids is 5. The van der Waals surface area contributed by atoms with Gasteiger partial charge in [0, 0.05) is 17.9 Å². The number of nitrogens with one attached hydrogen (secondary N) is 1. The number of carbonyl (C=O) groups is 11. The highest BCUT2D eigenvalue weighted by atomic mass is 32.1. The minimum absolute atomic E-state index is 0.00226. The van der Waals surface area contributed by atoms with E-state index in [0.29, 0.717) is 17.9 Å². The zero-order valence-electron chi connectivity index (χ0n) is 42.4. The van der Waals surface area contributed by atoms with Gasteiger partial charge in [0.1, 0.15) is 54.1 Å². The van der Waals surface area contributed by atoms with Crippen LogP contribution in [0.25, 0.3) is 0 Å². The van der Waals surface area contributed by atoms with E-state index in [1.54, 1.807) is 12.1 Å². The summed E-state index contributed by atoms with van der Waals surface area (Å²) in [7, 11) is 0. The van der Waals surface area contributed by atoms with Crippen LogP contribution in [0.3, 0.4) is 0 Å². The van der Waals surface area contributed by atoms with E-state index in [0.717, 1.165) is 25.8 Å². The van der Waals surface area contributed by atoms with Gasteiger partial charge in [-0.1, -0.05) is 46.2 Å². The first kappa shape index (κ1) is 77.8. The van der Waals surface area contributed by atoms with Gasteiger partial charge < -0.3 is 103 Å². The van der Waals surface area contributed by atoms with Gasteiger partial charge in [0.25, 0.3) is 0 Å². The van der Waals surface area contributed by atoms with Gasteiger partial charge in [-0.2, -0.15) is 25.3 Å². The molecule has 9 atom stereocenters. The Morgan fingerprint density at radius 2 is 1.11 bits per heavy atom. The van der Waals surface area contributed by atoms with Gasteiger partial charge in [-0.05, 0) is 68.2 Å². The summed E-state index contributed by atoms with van der Waals surface area (Å²) < 4.78 is 9.56. The molecule has 32 heteroatoms. The van der Waals surface area contributed by atoms with Crippen molar-refractivity contribution < 1.29 is 87.7 Å². The number of nitrogens with two attached hydrogens (primary N) is 11. The summed E-state index contributed by atoms with van der Waals surface area (Å²) in [5.74, 6) is -7.92. The fraction of sp³-hybridized carbons (Fsp3) is 0.605. The summed E-state index contributed by atoms with van der Waals surface area (Å²) in [6, 6.07) is -0.284. The molecule has 75 heavy (non-hydrogen) atoms. The molecular weight excluding hydrogens is 1040 g/mol. The molecule has 1 aliphatic rings. The van der Waals surface area contributed by atoms with Gasteiger partial charge >= 0.3 is 47.8 Å². The van der Waals surface area contributed by atoms with E-state index in [4.69, 9.17) is 81.9 Å². The van der Waals surface area contributed by atoms with Crippen LogP contribution in [0.15, 0.2) is 24.3 Å². The highest BCUT2D eigenvalue weighted by Crippen LogP contribution is 2.15. The van der Waals surface area contributed by atoms with Crippen LogP contribution in [0.1, 0.15) is 78.2 Å². The molecule has 0 bridgehead atoms. The van der Waals surface area contributed by atoms with Gasteiger partial charge in [-0.3, -0.25) is 38.4 Å². The van der Waals surface area contributed by atoms with Crippen LogP contribution in [-0.2, 0) is 63.9 Å². The van der Waals surface area contributed by atoms with Crippen molar-refractivity contribution in [1.82, 2.24) is 5.32 Å². The number of esters is 3. The van der Waals surface area contributed by atoms with E-state index >= 15 is 0 Å². The van der Waals surface area contributed by atoms with E-state index in [-0.39, 0.29) is 61.4 Å². The van der Waals surface area contributed by atoms with Gasteiger partial charge in [-0.25, -0.2) is 14.4 Å². The second kappa shape index (κ2) is 45.3. The van der Waals surface area contributed by atoms with E-state index in [1.807, 2.05) is 27.7 Å². The summed E-state index contributed by atoms with van der Waals surface area (Å²) in [6.07, 6.45) is 3.05. The molecule has 28 N–H and O–H groups in total. The van der Waals surface area contributed by atoms with Crippen LogP contribution < -0.4 is 73.1 Å². The molecule has 432 valence electrons. The lowest BCUT2D eigenvalue weighted by Gasteiger charge is -2.16. The topological polar surface area (TPSA) is 606 Å². The molecule has 1 aromatic rings. The third kappa shape index (κ3) is 46.2. The number of hydrogen-bond donors (Lipinski definition) is 19. The van der Waals surface area contributed by atoms with Crippen molar-refractivity contribution in [3.8, 4) is 5.75 Å². The van der Waals surface area contributed by atoms with Crippen LogP contribution in [0.2, 0.25) is 0 Å². The summed E-state index contributed by atoms with van der Waals surface area (Å²) >= 11 is 7.47. The van der Waals surface area contributed by atoms with Crippen LogP contribution >= 0.6 is 25.3 Å². The van der Waals surface area contributed by atoms with Crippen LogP contribution in [0.4, 0.5) is 0 Å². The molecule has 0 spiro atoms. The average molecular weight is 1120 g/mol. The van der Waals surface area contributed by atoms with E-state index in [1.165, 1.54) is 12.1 Å². The highest BCUT2D eigenvalue weighted by Gasteiger charge is 2.26. The van der Waals surface area contributed by atoms with Gasteiger partial charge in [0.05, 0.1) is 13.0 Å². The fourth-order valence-corrected chi connectivity index (χ4v) is 4.64. The van der Waals surface area contributed by atoms with E-state index in [9.17, 15) is 52.7 Å². The van der Waals surface area contributed by atoms with Crippen molar-refractivity contribution in [3.63, 3.8) is 0 Å². The average Bonchev–Trinajstić information content (AvgIpc) is 3.89. The molecule has 1 saturated heterocycles. The number of aliphatic carboxylic acids is 5. The molecule has 1 fully saturated rings. The van der Waals surface area contributed by atoms with E-state index < -0.39 is 108 Å². The molecule has 0 saturated carbocycles. The minimum atomic E-state index is -1.21. The Balaban J connectivity index is -0.000000270. The minimum Gasteiger partial charge on any atom is -0.480 e. The first-order chi connectivity index (χ1) is 34.6. The predicted octanol–water partition coefficient (Wildman–Crippen LogP) is -4.87. The Hall–Kier alpha value is -6.07. The maximum absolute atomic E-state index is 11.7. The Morgan fingerprint density at radius 1 is 0.640 bits per heavy atom. The SMILES string of the molecule is CC(C)C[C@H](N)C(=O)O.CC[C@H](C)[C@H](N)C(=O)OC(=O)[C@@H](N)CS.NC(=O)CC[C@H](N)C(=O)Oc1ccc(C[C@H](N)C(=O)O)cc1.NC(=O)C[C@H](N)C(=O)O.NCC(N)=O.N[C@@H](CS)C(=O)O.O=C(O)[C@@H]1CCCN1. The Labute approximate surface area is 445 Å². The van der Waals surface area contributed by atoms with Gasteiger partial charge in [0.15, 0.2) is 0 Å². The number of ether oxygens (including phenoxy) is 2. The summed E-state index contributed by atoms with van der Waals surface area (Å²) in [5, 5.41) is 44.3. The van der Waals surface area contributed by atoms with Crippen LogP contribution in [0, 0.1) is 11.8 Å². The smallest absolute Gasteiger partial charge is 0.331 e. The lowest BCUT2D eigenvalue weighted by atomic mass is 10.0. The number of carbonyl (C=O) groups excluding carboxylic acids is 6. The number of benzene rings is 1. The largest absolute Gasteiger partial charge is 0.480 e. The molecule has 0 aromatic heterocycles. The Bertz CT molecular complexity index is 1900. The lowest BCUT2D eigenvalue weighted by Crippen LogP contribution is -2.43. The number of carboxylic acid groups (broad SMARTS) is 5. The molecule has 1 aliphatic heterocycles. The first-order valence-corrected chi connectivity index (χ1v) is 23.8. The third-order valence-electron chi connectivity index (χ3n) is 9.00. The number of hydrogen-bond acceptors (Lipinski definition) is 24. The van der Waals surface area contributed by atoms with Gasteiger partial charge in [0.2, 0.25) is 17.7 Å². The van der Waals surface area contributed by atoms with Crippen molar-refractivity contribution in [3.05, 3.63) is 29.8 Å². The van der Waals surface area contributed by atoms with Crippen molar-refractivity contribution in [2.75, 3.05) is 24.6 Å². The monoisotopic (exact) mass is 1120 g/mol. The van der Waals surface area contributed by atoms with Crippen LogP contribution in [-0.4, -0.2) is 164 Å². The summed E-state index contributed by atoms with van der Waals surface area (Å²) in [4.78, 5) is 115. The zero-order valence-corrected chi connectivity index (χ0v) is 44.1. The molecule has 3 amide bonds. The van der Waals surface area contributed by atoms with E-state index in [2.05, 4.69) is 46.8 Å². The fourth-order valence-electron chi connectivity index (χ4n) is 4.33. The molecule has 0 radical (unpaired) electrons. The molecular formula is C43H80N12O18S2. The van der Waals surface area contributed by atoms with Crippen molar-refractivity contribution >= 4 is 90.7 Å². The second-order valence-corrected chi connectivity index (χ2v) is 17.0. The first-order valence-electron chi connectivity index (χ1n) is 22.6. The quantitative estimate of drug-likeness (QED) is 0.0211. The third-order valence-corrected chi connectivity index (χ3v) is 9.79. The lowest BCUT2D eigenvalue weighted by molar-refractivity contribution is -0.162. The number of rotatable bonds is 23. The maximum atomic E-state index is 11.7. The molecule has 0 aliphatic carbocycles. The predicted molar refractivity (Wildman–Crippen MR) is 279 cm³/mol. The van der Waals surface area contributed by atoms with Crippen molar-refractivity contribution in [1.29, 1.82) is 0 Å². The zero-order chi connectivity index (χ0) is 59.7. The number of primary amides is 3. The van der Waals surface area contributed by atoms with Crippen molar-refractivity contribution in [2.24, 2.45) is 74.9 Å². The molecule has 1 heterocycles. The van der Waals surface area contributed by atoms with Gasteiger partial charge in [-0.15, -0.1) is 0 Å². The number of amides is 3. The van der Waals surface area contributed by atoms with Crippen LogP contribution in [0.5, 0.6) is 5.75 Å². The molecule has 30 nitrogen and oxygen atoms in total. The standard InChI is InChI=1S/C14H19N3O5.C9H18N2O3S.C6H13NO2.C5H9NO2.C4H8N2O3.C3H7NO2S.C2H6N2O/c15-10(5-6-12(17)18)14(21)22-9-3-1-8(2-4-9)7-11(16)13(19)20;1-3-5(2)7(11)9(13)14-8(12)6(10)4-15;1-4(2)3-5(7)6(8)9;7-5(8)4-2-1-3-6-4;5-2(4(8)9)1-3(6)7;4-2(1-7)3(5)6;3-1-2(4)5/h1-4,10-11H,5-7,15-16H2,(H2,17,18)(H,19,20);5-7,15H,3-4,10-11H2,1-2H3;4-5H,3,7H2,1-2H3,(H,8,9);4,6H,1-3H2,(H,7,8);2H,1,5H2,(H2,6,7)(H,8,9);2,7H,1,4H2,(H,5,6);1,3H2,(H2,4,5)/t10-,11-;5-,6-,7-;5-;4-;2*2-;/m000000./s1. The highest BCUT2D eigenvalue weighted by molar-refractivity contribution is 7.80. The molecule has 2 rings (SSSR count). The molecule has 0 unspecified atom stereocenters. The summed E-state index contributed by atoms with van der Waals surface area (Å²) in [6.45, 7) is 8.41. The Kier molecular flexibility index (Phi) is 47.0. The summed E-state index contributed by atoms with van der Waals surface area (Å²) in [5.41, 5.74) is 56.5. The molecule has 1 aromatic carbocycles. The Morgan fingerprint density at radius 3 is 1.39 bits per heavy atom. The second-order valence-electron chi connectivity index (χ2n) is 16.2. The number of thiol groups is 2. The normalized spacial score (nSPS) is 15.1.